The van der Waals surface area contributed by atoms with Gasteiger partial charge in [0, 0.05) is 26.4 Å². The Kier molecular flexibility index (Phi) is 11.8. The second-order valence-corrected chi connectivity index (χ2v) is 4.16. The third-order valence-electron chi connectivity index (χ3n) is 2.82. The Balaban J connectivity index is 4.53. The standard InChI is InChI=1S/C13H26O4/c14-8-1-4-12(5-2-9-15)13(7-11-17)6-3-10-16/h14-17H,1-11H2. The lowest BCUT2D eigenvalue weighted by Gasteiger charge is -2.14. The van der Waals surface area contributed by atoms with Gasteiger partial charge in [0.2, 0.25) is 0 Å². The molecule has 4 N–H and O–H groups in total. The van der Waals surface area contributed by atoms with Gasteiger partial charge in [0.1, 0.15) is 0 Å². The fraction of sp³-hybridized carbons (Fsp3) is 0.846. The molecule has 0 aromatic rings. The quantitative estimate of drug-likeness (QED) is 0.410. The molecule has 0 fully saturated rings. The maximum atomic E-state index is 9.04. The van der Waals surface area contributed by atoms with E-state index in [4.69, 9.17) is 20.4 Å². The van der Waals surface area contributed by atoms with E-state index < -0.39 is 0 Å². The van der Waals surface area contributed by atoms with Crippen LogP contribution in [0.3, 0.4) is 0 Å². The number of aliphatic hydroxyl groups is 4. The van der Waals surface area contributed by atoms with Gasteiger partial charge in [-0.2, -0.15) is 0 Å². The lowest BCUT2D eigenvalue weighted by Crippen LogP contribution is -2.00. The predicted molar refractivity (Wildman–Crippen MR) is 67.7 cm³/mol. The minimum absolute atomic E-state index is 0.114. The molecule has 0 spiro atoms. The van der Waals surface area contributed by atoms with Gasteiger partial charge in [0.15, 0.2) is 0 Å². The molecule has 4 nitrogen and oxygen atoms in total. The molecule has 102 valence electrons. The molecule has 0 rings (SSSR count). The number of hydrogen-bond donors (Lipinski definition) is 4. The van der Waals surface area contributed by atoms with Crippen LogP contribution in [0.5, 0.6) is 0 Å². The first-order chi connectivity index (χ1) is 8.29. The highest BCUT2D eigenvalue weighted by atomic mass is 16.3. The summed E-state index contributed by atoms with van der Waals surface area (Å²) < 4.78 is 0. The first kappa shape index (κ1) is 16.6. The highest BCUT2D eigenvalue weighted by Gasteiger charge is 2.07. The Morgan fingerprint density at radius 2 is 0.824 bits per heavy atom. The van der Waals surface area contributed by atoms with E-state index in [2.05, 4.69) is 0 Å². The molecular weight excluding hydrogens is 220 g/mol. The Morgan fingerprint density at radius 1 is 0.471 bits per heavy atom. The number of rotatable bonds is 11. The third-order valence-corrected chi connectivity index (χ3v) is 2.82. The monoisotopic (exact) mass is 246 g/mol. The van der Waals surface area contributed by atoms with Crippen molar-refractivity contribution in [2.45, 2.75) is 44.9 Å². The average molecular weight is 246 g/mol. The largest absolute Gasteiger partial charge is 0.396 e. The molecule has 0 aromatic carbocycles. The Hall–Kier alpha value is -0.420. The van der Waals surface area contributed by atoms with E-state index in [1.54, 1.807) is 0 Å². The van der Waals surface area contributed by atoms with Gasteiger partial charge in [-0.05, 0) is 44.9 Å². The van der Waals surface area contributed by atoms with Crippen LogP contribution in [0.2, 0.25) is 0 Å². The molecule has 0 aromatic heterocycles. The summed E-state index contributed by atoms with van der Waals surface area (Å²) in [6.07, 6.45) is 5.20. The molecule has 0 unspecified atom stereocenters. The summed E-state index contributed by atoms with van der Waals surface area (Å²) in [4.78, 5) is 0. The molecule has 0 saturated heterocycles. The van der Waals surface area contributed by atoms with Crippen LogP contribution in [0.1, 0.15) is 44.9 Å². The average Bonchev–Trinajstić information content (AvgIpc) is 2.35. The summed E-state index contributed by atoms with van der Waals surface area (Å²) >= 11 is 0. The van der Waals surface area contributed by atoms with Gasteiger partial charge in [-0.1, -0.05) is 11.1 Å². The molecule has 0 amide bonds. The molecule has 0 saturated carbocycles. The topological polar surface area (TPSA) is 80.9 Å². The van der Waals surface area contributed by atoms with Gasteiger partial charge in [-0.25, -0.2) is 0 Å². The maximum Gasteiger partial charge on any atom is 0.0468 e. The van der Waals surface area contributed by atoms with Crippen molar-refractivity contribution >= 4 is 0 Å². The van der Waals surface area contributed by atoms with Crippen molar-refractivity contribution in [1.29, 1.82) is 0 Å². The molecule has 17 heavy (non-hydrogen) atoms. The van der Waals surface area contributed by atoms with Crippen LogP contribution < -0.4 is 0 Å². The van der Waals surface area contributed by atoms with Gasteiger partial charge in [-0.15, -0.1) is 0 Å². The van der Waals surface area contributed by atoms with Crippen LogP contribution in [-0.4, -0.2) is 46.9 Å². The zero-order valence-electron chi connectivity index (χ0n) is 10.6. The van der Waals surface area contributed by atoms with E-state index in [9.17, 15) is 0 Å². The van der Waals surface area contributed by atoms with Crippen molar-refractivity contribution in [3.8, 4) is 0 Å². The SMILES string of the molecule is OCCCC(CCO)=C(CCCO)CCCO. The van der Waals surface area contributed by atoms with Crippen molar-refractivity contribution in [3.05, 3.63) is 11.1 Å². The van der Waals surface area contributed by atoms with E-state index in [0.29, 0.717) is 12.8 Å². The molecule has 0 aliphatic carbocycles. The smallest absolute Gasteiger partial charge is 0.0468 e. The molecule has 0 radical (unpaired) electrons. The molecule has 0 heterocycles. The van der Waals surface area contributed by atoms with Crippen molar-refractivity contribution < 1.29 is 20.4 Å². The van der Waals surface area contributed by atoms with Crippen molar-refractivity contribution in [2.24, 2.45) is 0 Å². The Morgan fingerprint density at radius 3 is 1.12 bits per heavy atom. The van der Waals surface area contributed by atoms with E-state index in [-0.39, 0.29) is 26.4 Å². The fourth-order valence-electron chi connectivity index (χ4n) is 1.97. The fourth-order valence-corrected chi connectivity index (χ4v) is 1.97. The predicted octanol–water partition coefficient (Wildman–Crippen LogP) is 0.983. The van der Waals surface area contributed by atoms with Crippen LogP contribution in [0.15, 0.2) is 11.1 Å². The summed E-state index contributed by atoms with van der Waals surface area (Å²) in [5.41, 5.74) is 2.42. The van der Waals surface area contributed by atoms with E-state index in [0.717, 1.165) is 32.1 Å². The van der Waals surface area contributed by atoms with Crippen molar-refractivity contribution in [3.63, 3.8) is 0 Å². The molecule has 0 aliphatic rings. The lowest BCUT2D eigenvalue weighted by atomic mass is 9.94. The van der Waals surface area contributed by atoms with Crippen molar-refractivity contribution in [2.75, 3.05) is 26.4 Å². The van der Waals surface area contributed by atoms with Crippen LogP contribution >= 0.6 is 0 Å². The molecular formula is C13H26O4. The minimum Gasteiger partial charge on any atom is -0.396 e. The van der Waals surface area contributed by atoms with E-state index >= 15 is 0 Å². The number of hydrogen-bond acceptors (Lipinski definition) is 4. The number of allylic oxidation sites excluding steroid dienone is 1. The second-order valence-electron chi connectivity index (χ2n) is 4.16. The van der Waals surface area contributed by atoms with E-state index in [1.165, 1.54) is 11.1 Å². The summed E-state index contributed by atoms with van der Waals surface area (Å²) in [5, 5.41) is 35.6. The van der Waals surface area contributed by atoms with E-state index in [1.807, 2.05) is 0 Å². The van der Waals surface area contributed by atoms with Gasteiger partial charge in [0.05, 0.1) is 0 Å². The highest BCUT2D eigenvalue weighted by molar-refractivity contribution is 5.14. The molecule has 0 aliphatic heterocycles. The number of aliphatic hydroxyl groups excluding tert-OH is 4. The first-order valence-electron chi connectivity index (χ1n) is 6.43. The zero-order chi connectivity index (χ0) is 12.9. The molecule has 0 bridgehead atoms. The van der Waals surface area contributed by atoms with Crippen LogP contribution in [0, 0.1) is 0 Å². The third kappa shape index (κ3) is 8.32. The Bertz CT molecular complexity index is 192. The van der Waals surface area contributed by atoms with Crippen LogP contribution in [0.4, 0.5) is 0 Å². The molecule has 4 heteroatoms. The summed E-state index contributed by atoms with van der Waals surface area (Å²) in [6, 6.07) is 0. The summed E-state index contributed by atoms with van der Waals surface area (Å²) in [7, 11) is 0. The van der Waals surface area contributed by atoms with Gasteiger partial charge in [-0.3, -0.25) is 0 Å². The zero-order valence-corrected chi connectivity index (χ0v) is 10.6. The minimum atomic E-state index is 0.114. The lowest BCUT2D eigenvalue weighted by molar-refractivity contribution is 0.275. The summed E-state index contributed by atoms with van der Waals surface area (Å²) in [6.45, 7) is 0.592. The highest BCUT2D eigenvalue weighted by Crippen LogP contribution is 2.23. The molecule has 0 atom stereocenters. The Labute approximate surface area is 104 Å². The van der Waals surface area contributed by atoms with Gasteiger partial charge in [0.25, 0.3) is 0 Å². The normalized spacial score (nSPS) is 10.6. The second kappa shape index (κ2) is 12.0. The van der Waals surface area contributed by atoms with Crippen molar-refractivity contribution in [1.82, 2.24) is 0 Å². The van der Waals surface area contributed by atoms with Gasteiger partial charge >= 0.3 is 0 Å². The van der Waals surface area contributed by atoms with Crippen LogP contribution in [-0.2, 0) is 0 Å². The van der Waals surface area contributed by atoms with Gasteiger partial charge < -0.3 is 20.4 Å². The first-order valence-corrected chi connectivity index (χ1v) is 6.43. The maximum absolute atomic E-state index is 9.04. The van der Waals surface area contributed by atoms with Crippen LogP contribution in [0.25, 0.3) is 0 Å². The summed E-state index contributed by atoms with van der Waals surface area (Å²) in [5.74, 6) is 0.